The number of amides is 1. The first-order chi connectivity index (χ1) is 27.0. The van der Waals surface area contributed by atoms with Crippen LogP contribution in [0.15, 0.2) is 41.0 Å². The Kier molecular flexibility index (Phi) is 10.2. The van der Waals surface area contributed by atoms with Crippen LogP contribution in [-0.2, 0) is 30.2 Å². The van der Waals surface area contributed by atoms with Crippen LogP contribution in [0.4, 0.5) is 0 Å². The van der Waals surface area contributed by atoms with Crippen molar-refractivity contribution in [1.82, 2.24) is 9.80 Å². The van der Waals surface area contributed by atoms with Crippen LogP contribution in [0.5, 0.6) is 17.2 Å². The predicted molar refractivity (Wildman–Crippen MR) is 216 cm³/mol. The van der Waals surface area contributed by atoms with Gasteiger partial charge in [-0.25, -0.2) is 0 Å². The van der Waals surface area contributed by atoms with Gasteiger partial charge in [-0.1, -0.05) is 29.4 Å². The van der Waals surface area contributed by atoms with Gasteiger partial charge in [0.25, 0.3) is 0 Å². The Balaban J connectivity index is 1.33. The number of ether oxygens (including phenoxy) is 5. The minimum Gasteiger partial charge on any atom is -0.506 e. The van der Waals surface area contributed by atoms with E-state index >= 15 is 9.59 Å². The number of rotatable bonds is 9. The molecule has 1 aromatic rings. The van der Waals surface area contributed by atoms with Gasteiger partial charge in [-0.15, -0.1) is 0 Å². The molecule has 57 heavy (non-hydrogen) atoms. The predicted octanol–water partition coefficient (Wildman–Crippen LogP) is 6.40. The molecule has 7 unspecified atom stereocenters. The van der Waals surface area contributed by atoms with Crippen molar-refractivity contribution in [3.05, 3.63) is 57.7 Å². The highest BCUT2D eigenvalue weighted by atomic mass is 16.6. The molecular weight excluding hydrogens is 725 g/mol. The summed E-state index contributed by atoms with van der Waals surface area (Å²) in [7, 11) is 0. The van der Waals surface area contributed by atoms with Crippen LogP contribution in [-0.4, -0.2) is 113 Å². The van der Waals surface area contributed by atoms with E-state index in [4.69, 9.17) is 23.7 Å². The zero-order valence-electron chi connectivity index (χ0n) is 35.0. The van der Waals surface area contributed by atoms with E-state index in [9.17, 15) is 9.90 Å². The molecule has 1 aromatic carbocycles. The molecule has 3 saturated carbocycles. The first-order valence-corrected chi connectivity index (χ1v) is 21.0. The first kappa shape index (κ1) is 40.0. The smallest absolute Gasteiger partial charge is 0.249 e. The van der Waals surface area contributed by atoms with E-state index in [1.807, 2.05) is 52.8 Å². The van der Waals surface area contributed by atoms with Crippen molar-refractivity contribution in [2.75, 3.05) is 52.6 Å². The molecule has 1 amide bonds. The molecule has 6 fully saturated rings. The molecule has 0 radical (unpaired) electrons. The average molecular weight is 785 g/mol. The standard InChI is InChI=1S/C46H60N2O9/c1-27(2)10-9-15-44(8)16-14-30-37(49)34-38(50)35-36(47-18-22-53-23-19-47)32-26-33-43(6,7)57-45(41(32)51,17-13-29(5)42(52)48-20-24-54-25-21-48)46(33,35)56-40(34)31(39(30)55-44)12-11-28(3)4/h10-11,13-14,16,32-33,35-36,49H,9,12,15,17-26H2,1-8H3/b29-13-. The molecule has 3 aliphatic carbocycles. The lowest BCUT2D eigenvalue weighted by molar-refractivity contribution is -0.216. The molecule has 5 aliphatic heterocycles. The van der Waals surface area contributed by atoms with Crippen LogP contribution in [0.2, 0.25) is 0 Å². The fourth-order valence-electron chi connectivity index (χ4n) is 11.1. The highest BCUT2D eigenvalue weighted by Gasteiger charge is 2.86. The van der Waals surface area contributed by atoms with Gasteiger partial charge in [0.2, 0.25) is 5.91 Å². The van der Waals surface area contributed by atoms with Crippen molar-refractivity contribution in [3.63, 3.8) is 0 Å². The maximum atomic E-state index is 15.8. The summed E-state index contributed by atoms with van der Waals surface area (Å²) in [5.74, 6) is -1.55. The summed E-state index contributed by atoms with van der Waals surface area (Å²) in [5, 5.41) is 12.3. The Bertz CT molecular complexity index is 1980. The largest absolute Gasteiger partial charge is 0.506 e. The molecule has 1 spiro atoms. The quantitative estimate of drug-likeness (QED) is 0.222. The van der Waals surface area contributed by atoms with Crippen LogP contribution >= 0.6 is 0 Å². The number of phenols is 1. The van der Waals surface area contributed by atoms with Crippen molar-refractivity contribution in [2.24, 2.45) is 17.8 Å². The molecule has 11 nitrogen and oxygen atoms in total. The molecule has 11 heteroatoms. The topological polar surface area (TPSA) is 124 Å². The number of allylic oxidation sites excluding steroid dienone is 4. The summed E-state index contributed by atoms with van der Waals surface area (Å²) >= 11 is 0. The highest BCUT2D eigenvalue weighted by Crippen LogP contribution is 2.71. The van der Waals surface area contributed by atoms with Crippen molar-refractivity contribution in [2.45, 2.75) is 116 Å². The Morgan fingerprint density at radius 1 is 0.895 bits per heavy atom. The van der Waals surface area contributed by atoms with Gasteiger partial charge in [0, 0.05) is 61.6 Å². The van der Waals surface area contributed by atoms with E-state index in [1.54, 1.807) is 11.8 Å². The van der Waals surface area contributed by atoms with Gasteiger partial charge in [0.1, 0.15) is 28.4 Å². The number of fused-ring (bicyclic) bond motifs is 2. The summed E-state index contributed by atoms with van der Waals surface area (Å²) in [6.07, 6.45) is 12.4. The normalized spacial score (nSPS) is 33.8. The monoisotopic (exact) mass is 784 g/mol. The second-order valence-electron chi connectivity index (χ2n) is 18.5. The van der Waals surface area contributed by atoms with Gasteiger partial charge in [-0.3, -0.25) is 19.3 Å². The Morgan fingerprint density at radius 3 is 2.23 bits per heavy atom. The molecule has 0 aromatic heterocycles. The minimum atomic E-state index is -1.57. The maximum Gasteiger partial charge on any atom is 0.249 e. The third-order valence-electron chi connectivity index (χ3n) is 13.8. The zero-order chi connectivity index (χ0) is 40.7. The number of carbonyl (C=O) groups is 3. The van der Waals surface area contributed by atoms with Gasteiger partial charge in [0.15, 0.2) is 22.8 Å². The van der Waals surface area contributed by atoms with Gasteiger partial charge >= 0.3 is 0 Å². The molecule has 9 rings (SSSR count). The lowest BCUT2D eigenvalue weighted by Gasteiger charge is -2.64. The number of Topliss-reactive ketones (excluding diaryl/α,β-unsaturated/α-hetero) is 2. The Hall–Kier alpha value is -3.77. The van der Waals surface area contributed by atoms with E-state index in [0.29, 0.717) is 94.3 Å². The first-order valence-electron chi connectivity index (χ1n) is 21.0. The molecule has 308 valence electrons. The van der Waals surface area contributed by atoms with Crippen molar-refractivity contribution in [3.8, 4) is 17.2 Å². The van der Waals surface area contributed by atoms with Crippen LogP contribution < -0.4 is 9.47 Å². The molecule has 4 bridgehead atoms. The maximum absolute atomic E-state index is 15.8. The zero-order valence-corrected chi connectivity index (χ0v) is 35.0. The van der Waals surface area contributed by atoms with E-state index in [1.165, 1.54) is 5.57 Å². The molecule has 7 atom stereocenters. The van der Waals surface area contributed by atoms with Gasteiger partial charge in [0.05, 0.1) is 43.5 Å². The number of hydrogen-bond donors (Lipinski definition) is 1. The van der Waals surface area contributed by atoms with E-state index < -0.39 is 40.3 Å². The lowest BCUT2D eigenvalue weighted by atomic mass is 9.44. The molecular formula is C46H60N2O9. The number of ketones is 2. The summed E-state index contributed by atoms with van der Waals surface area (Å²) in [5.41, 5.74) is -0.457. The summed E-state index contributed by atoms with van der Waals surface area (Å²) in [6, 6.07) is -0.481. The Morgan fingerprint density at radius 2 is 1.56 bits per heavy atom. The third-order valence-corrected chi connectivity index (χ3v) is 13.8. The number of nitrogens with zero attached hydrogens (tertiary/aromatic N) is 2. The number of phenolic OH excluding ortho intramolecular Hbond substituents is 1. The second-order valence-corrected chi connectivity index (χ2v) is 18.5. The lowest BCUT2D eigenvalue weighted by Crippen LogP contribution is -2.82. The molecule has 3 saturated heterocycles. The number of carbonyl (C=O) groups excluding carboxylic acids is 3. The van der Waals surface area contributed by atoms with Crippen LogP contribution in [0.3, 0.4) is 0 Å². The van der Waals surface area contributed by atoms with Crippen LogP contribution in [0.25, 0.3) is 6.08 Å². The number of benzene rings is 1. The van der Waals surface area contributed by atoms with E-state index in [2.05, 4.69) is 30.9 Å². The fourth-order valence-corrected chi connectivity index (χ4v) is 11.1. The highest BCUT2D eigenvalue weighted by molar-refractivity contribution is 6.10. The number of morpholine rings is 2. The van der Waals surface area contributed by atoms with Crippen molar-refractivity contribution in [1.29, 1.82) is 0 Å². The number of hydrogen-bond acceptors (Lipinski definition) is 10. The average Bonchev–Trinajstić information content (AvgIpc) is 3.32. The second kappa shape index (κ2) is 14.5. The SMILES string of the molecule is CC(C)=CCCC1(C)C=Cc2c(O)c3c(c(CC=C(C)C)c2O1)OC12C(C3=O)C(N3CCOCC3)C3CC1C(C)(C)OC2(C/C=C(/C)C(=O)N1CCOCC1)C3=O. The summed E-state index contributed by atoms with van der Waals surface area (Å²) < 4.78 is 32.9. The van der Waals surface area contributed by atoms with Crippen LogP contribution in [0, 0.1) is 17.8 Å². The Labute approximate surface area is 337 Å². The van der Waals surface area contributed by atoms with Gasteiger partial charge in [-0.05, 0) is 93.2 Å². The summed E-state index contributed by atoms with van der Waals surface area (Å²) in [6.45, 7) is 20.1. The van der Waals surface area contributed by atoms with E-state index in [-0.39, 0.29) is 46.9 Å². The molecule has 5 heterocycles. The molecule has 8 aliphatic rings. The van der Waals surface area contributed by atoms with Crippen molar-refractivity contribution < 1.29 is 43.2 Å². The fraction of sp³-hybridized carbons (Fsp3) is 0.630. The van der Waals surface area contributed by atoms with Gasteiger partial charge in [-0.2, -0.15) is 0 Å². The minimum absolute atomic E-state index is 0.0705. The summed E-state index contributed by atoms with van der Waals surface area (Å²) in [4.78, 5) is 49.0. The number of aromatic hydroxyl groups is 1. The molecule has 1 N–H and O–H groups in total. The van der Waals surface area contributed by atoms with E-state index in [0.717, 1.165) is 12.0 Å². The van der Waals surface area contributed by atoms with Crippen LogP contribution in [0.1, 0.15) is 103 Å². The van der Waals surface area contributed by atoms with Gasteiger partial charge < -0.3 is 33.7 Å². The third kappa shape index (κ3) is 6.25. The van der Waals surface area contributed by atoms with Crippen molar-refractivity contribution >= 4 is 23.5 Å².